The summed E-state index contributed by atoms with van der Waals surface area (Å²) >= 11 is 3.32. The van der Waals surface area contributed by atoms with Gasteiger partial charge in [0.05, 0.1) is 0 Å². The molecule has 3 rings (SSSR count). The summed E-state index contributed by atoms with van der Waals surface area (Å²) in [4.78, 5) is 17.4. The Hall–Kier alpha value is -1.59. The molecule has 1 aromatic carbocycles. The minimum absolute atomic E-state index is 0.131. The van der Waals surface area contributed by atoms with E-state index >= 15 is 0 Å². The lowest BCUT2D eigenvalue weighted by Gasteiger charge is -2.14. The van der Waals surface area contributed by atoms with Crippen LogP contribution in [0, 0.1) is 0 Å². The van der Waals surface area contributed by atoms with Crippen LogP contribution in [-0.2, 0) is 6.54 Å². The molecule has 1 fully saturated rings. The van der Waals surface area contributed by atoms with Gasteiger partial charge in [-0.25, -0.2) is 0 Å². The van der Waals surface area contributed by atoms with E-state index in [2.05, 4.69) is 43.3 Å². The lowest BCUT2D eigenvalue weighted by Crippen LogP contribution is -2.18. The van der Waals surface area contributed by atoms with Crippen LogP contribution in [0.3, 0.4) is 0 Å². The molecule has 0 bridgehead atoms. The molecule has 2 heterocycles. The maximum absolute atomic E-state index is 12.0. The molecule has 2 N–H and O–H groups in total. The molecule has 0 radical (unpaired) electrons. The molecule has 21 heavy (non-hydrogen) atoms. The number of amides is 1. The van der Waals surface area contributed by atoms with E-state index in [4.69, 9.17) is 0 Å². The quantitative estimate of drug-likeness (QED) is 0.887. The molecule has 0 atom stereocenters. The number of hydrogen-bond acceptors (Lipinski definition) is 2. The molecule has 0 saturated carbocycles. The monoisotopic (exact) mass is 347 g/mol. The smallest absolute Gasteiger partial charge is 0.272 e. The van der Waals surface area contributed by atoms with E-state index in [9.17, 15) is 4.79 Å². The van der Waals surface area contributed by atoms with Gasteiger partial charge in [-0.1, -0.05) is 12.1 Å². The van der Waals surface area contributed by atoms with Crippen molar-refractivity contribution in [3.63, 3.8) is 0 Å². The van der Waals surface area contributed by atoms with Crippen LogP contribution in [0.25, 0.3) is 0 Å². The molecule has 5 heteroatoms. The molecule has 2 aromatic rings. The van der Waals surface area contributed by atoms with Crippen LogP contribution >= 0.6 is 15.9 Å². The Morgan fingerprint density at radius 2 is 1.95 bits per heavy atom. The van der Waals surface area contributed by atoms with E-state index in [-0.39, 0.29) is 5.91 Å². The van der Waals surface area contributed by atoms with Crippen molar-refractivity contribution in [2.24, 2.45) is 0 Å². The fourth-order valence-corrected chi connectivity index (χ4v) is 2.93. The van der Waals surface area contributed by atoms with E-state index in [1.165, 1.54) is 31.5 Å². The van der Waals surface area contributed by atoms with Crippen LogP contribution in [0.2, 0.25) is 0 Å². The van der Waals surface area contributed by atoms with E-state index in [1.54, 1.807) is 12.3 Å². The normalized spacial score (nSPS) is 15.3. The molecule has 1 saturated heterocycles. The first kappa shape index (κ1) is 14.4. The van der Waals surface area contributed by atoms with Crippen molar-refractivity contribution in [1.82, 2.24) is 9.88 Å². The summed E-state index contributed by atoms with van der Waals surface area (Å²) in [5.74, 6) is -0.131. The van der Waals surface area contributed by atoms with E-state index in [0.717, 1.165) is 16.7 Å². The summed E-state index contributed by atoms with van der Waals surface area (Å²) in [5.41, 5.74) is 2.65. The Labute approximate surface area is 132 Å². The summed E-state index contributed by atoms with van der Waals surface area (Å²) in [5, 5.41) is 2.89. The first-order valence-corrected chi connectivity index (χ1v) is 7.96. The number of anilines is 1. The number of rotatable bonds is 4. The maximum Gasteiger partial charge on any atom is 0.272 e. The minimum Gasteiger partial charge on any atom is -0.356 e. The van der Waals surface area contributed by atoms with Crippen LogP contribution in [0.15, 0.2) is 41.0 Å². The molecule has 0 spiro atoms. The molecular formula is C16H18BrN3O. The van der Waals surface area contributed by atoms with Crippen molar-refractivity contribution in [2.75, 3.05) is 18.4 Å². The Morgan fingerprint density at radius 1 is 1.24 bits per heavy atom. The Bertz CT molecular complexity index is 615. The molecule has 1 amide bonds. The average Bonchev–Trinajstić information content (AvgIpc) is 3.12. The maximum atomic E-state index is 12.0. The van der Waals surface area contributed by atoms with Gasteiger partial charge in [0.25, 0.3) is 5.91 Å². The first-order valence-electron chi connectivity index (χ1n) is 7.17. The number of hydrogen-bond donors (Lipinski definition) is 2. The molecule has 4 nitrogen and oxygen atoms in total. The zero-order valence-electron chi connectivity index (χ0n) is 11.7. The molecule has 1 aliphatic rings. The van der Waals surface area contributed by atoms with E-state index < -0.39 is 0 Å². The van der Waals surface area contributed by atoms with Gasteiger partial charge in [0.15, 0.2) is 0 Å². The number of nitrogens with one attached hydrogen (secondary N) is 2. The molecule has 110 valence electrons. The van der Waals surface area contributed by atoms with Gasteiger partial charge in [-0.05, 0) is 65.6 Å². The van der Waals surface area contributed by atoms with Crippen LogP contribution in [0.4, 0.5) is 5.69 Å². The number of H-pyrrole nitrogens is 1. The molecular weight excluding hydrogens is 330 g/mol. The lowest BCUT2D eigenvalue weighted by molar-refractivity contribution is 0.102. The third kappa shape index (κ3) is 3.74. The van der Waals surface area contributed by atoms with Crippen LogP contribution in [0.5, 0.6) is 0 Å². The number of aromatic nitrogens is 1. The van der Waals surface area contributed by atoms with Crippen molar-refractivity contribution in [3.05, 3.63) is 52.3 Å². The standard InChI is InChI=1S/C16H18BrN3O/c17-13-9-15(18-10-13)16(21)19-14-5-3-12(4-6-14)11-20-7-1-2-8-20/h3-6,9-10,18H,1-2,7-8,11H2,(H,19,21). The Morgan fingerprint density at radius 3 is 2.57 bits per heavy atom. The lowest BCUT2D eigenvalue weighted by atomic mass is 10.2. The second-order valence-corrected chi connectivity index (χ2v) is 6.28. The predicted molar refractivity (Wildman–Crippen MR) is 87.4 cm³/mol. The third-order valence-corrected chi connectivity index (χ3v) is 4.17. The fraction of sp³-hybridized carbons (Fsp3) is 0.312. The van der Waals surface area contributed by atoms with Gasteiger partial charge < -0.3 is 10.3 Å². The summed E-state index contributed by atoms with van der Waals surface area (Å²) in [6, 6.07) is 9.84. The number of halogens is 1. The second kappa shape index (κ2) is 6.45. The summed E-state index contributed by atoms with van der Waals surface area (Å²) in [6.07, 6.45) is 4.35. The molecule has 0 aliphatic carbocycles. The van der Waals surface area contributed by atoms with Crippen LogP contribution in [-0.4, -0.2) is 28.9 Å². The highest BCUT2D eigenvalue weighted by Crippen LogP contribution is 2.16. The van der Waals surface area contributed by atoms with E-state index in [1.807, 2.05) is 12.1 Å². The van der Waals surface area contributed by atoms with Crippen molar-refractivity contribution < 1.29 is 4.79 Å². The molecule has 1 aromatic heterocycles. The van der Waals surface area contributed by atoms with Gasteiger partial charge in [0.2, 0.25) is 0 Å². The van der Waals surface area contributed by atoms with Gasteiger partial charge in [-0.2, -0.15) is 0 Å². The highest BCUT2D eigenvalue weighted by atomic mass is 79.9. The molecule has 1 aliphatic heterocycles. The van der Waals surface area contributed by atoms with Crippen molar-refractivity contribution >= 4 is 27.5 Å². The van der Waals surface area contributed by atoms with Gasteiger partial charge in [-0.15, -0.1) is 0 Å². The zero-order valence-corrected chi connectivity index (χ0v) is 13.3. The fourth-order valence-electron chi connectivity index (χ4n) is 2.59. The summed E-state index contributed by atoms with van der Waals surface area (Å²) in [6.45, 7) is 3.39. The van der Waals surface area contributed by atoms with Crippen LogP contribution < -0.4 is 5.32 Å². The number of nitrogens with zero attached hydrogens (tertiary/aromatic N) is 1. The Balaban J connectivity index is 1.60. The van der Waals surface area contributed by atoms with Crippen molar-refractivity contribution in [2.45, 2.75) is 19.4 Å². The van der Waals surface area contributed by atoms with Gasteiger partial charge >= 0.3 is 0 Å². The highest BCUT2D eigenvalue weighted by molar-refractivity contribution is 9.10. The van der Waals surface area contributed by atoms with Crippen molar-refractivity contribution in [3.8, 4) is 0 Å². The van der Waals surface area contributed by atoms with E-state index in [0.29, 0.717) is 5.69 Å². The van der Waals surface area contributed by atoms with Gasteiger partial charge in [0, 0.05) is 22.9 Å². The number of aromatic amines is 1. The topological polar surface area (TPSA) is 48.1 Å². The number of carbonyl (C=O) groups excluding carboxylic acids is 1. The first-order chi connectivity index (χ1) is 10.2. The molecule has 0 unspecified atom stereocenters. The Kier molecular flexibility index (Phi) is 4.41. The SMILES string of the molecule is O=C(Nc1ccc(CN2CCCC2)cc1)c1cc(Br)c[nH]1. The summed E-state index contributed by atoms with van der Waals surface area (Å²) in [7, 11) is 0. The number of carbonyl (C=O) groups is 1. The predicted octanol–water partition coefficient (Wildman–Crippen LogP) is 3.63. The second-order valence-electron chi connectivity index (χ2n) is 5.37. The van der Waals surface area contributed by atoms with Gasteiger partial charge in [0.1, 0.15) is 5.69 Å². The zero-order chi connectivity index (χ0) is 14.7. The average molecular weight is 348 g/mol. The van der Waals surface area contributed by atoms with Crippen molar-refractivity contribution in [1.29, 1.82) is 0 Å². The number of benzene rings is 1. The van der Waals surface area contributed by atoms with Crippen LogP contribution in [0.1, 0.15) is 28.9 Å². The number of likely N-dealkylation sites (tertiary alicyclic amines) is 1. The minimum atomic E-state index is -0.131. The highest BCUT2D eigenvalue weighted by Gasteiger charge is 2.12. The largest absolute Gasteiger partial charge is 0.356 e. The summed E-state index contributed by atoms with van der Waals surface area (Å²) < 4.78 is 0.869. The van der Waals surface area contributed by atoms with Gasteiger partial charge in [-0.3, -0.25) is 9.69 Å². The third-order valence-electron chi connectivity index (χ3n) is 3.71.